The summed E-state index contributed by atoms with van der Waals surface area (Å²) in [5, 5.41) is 8.43. The zero-order valence-corrected chi connectivity index (χ0v) is 21.4. The highest BCUT2D eigenvalue weighted by Crippen LogP contribution is 2.24. The molecule has 0 radical (unpaired) electrons. The van der Waals surface area contributed by atoms with Crippen molar-refractivity contribution in [2.24, 2.45) is 5.92 Å². The molecule has 4 rings (SSSR count). The predicted molar refractivity (Wildman–Crippen MR) is 150 cm³/mol. The predicted octanol–water partition coefficient (Wildman–Crippen LogP) is 5.72. The monoisotopic (exact) mass is 556 g/mol. The van der Waals surface area contributed by atoms with Crippen molar-refractivity contribution in [2.75, 3.05) is 21.7 Å². The Kier molecular flexibility index (Phi) is 8.33. The van der Waals surface area contributed by atoms with E-state index in [-0.39, 0.29) is 12.3 Å². The average molecular weight is 557 g/mol. The second-order valence-corrected chi connectivity index (χ2v) is 9.18. The van der Waals surface area contributed by atoms with Gasteiger partial charge in [0.2, 0.25) is 11.8 Å². The number of hydrogen-bond donors (Lipinski definition) is 4. The zero-order valence-electron chi connectivity index (χ0n) is 19.8. The van der Waals surface area contributed by atoms with Gasteiger partial charge in [-0.1, -0.05) is 54.6 Å². The van der Waals surface area contributed by atoms with Gasteiger partial charge in [0, 0.05) is 15.8 Å². The van der Waals surface area contributed by atoms with Gasteiger partial charge in [0.25, 0.3) is 5.91 Å². The summed E-state index contributed by atoms with van der Waals surface area (Å²) >= 11 is 3.46. The summed E-state index contributed by atoms with van der Waals surface area (Å²) < 4.78 is 0.530. The lowest BCUT2D eigenvalue weighted by Crippen LogP contribution is -2.35. The average Bonchev–Trinajstić information content (AvgIpc) is 2.89. The SMILES string of the molecule is Nc1ccccc1NC(=O)c1ccc(CC(C(=O)Nc2ccccc2)C(=O)Nc2ccccc2)cc1Br. The van der Waals surface area contributed by atoms with E-state index in [1.54, 1.807) is 91.0 Å². The van der Waals surface area contributed by atoms with Crippen LogP contribution in [0.1, 0.15) is 15.9 Å². The molecule has 4 aromatic carbocycles. The lowest BCUT2D eigenvalue weighted by atomic mass is 9.96. The molecule has 0 atom stereocenters. The van der Waals surface area contributed by atoms with Gasteiger partial charge in [-0.2, -0.15) is 0 Å². The van der Waals surface area contributed by atoms with Gasteiger partial charge in [0.1, 0.15) is 5.92 Å². The number of halogens is 1. The van der Waals surface area contributed by atoms with Crippen molar-refractivity contribution in [2.45, 2.75) is 6.42 Å². The Morgan fingerprint density at radius 3 is 1.78 bits per heavy atom. The van der Waals surface area contributed by atoms with E-state index < -0.39 is 17.7 Å². The minimum absolute atomic E-state index is 0.128. The maximum Gasteiger partial charge on any atom is 0.256 e. The van der Waals surface area contributed by atoms with E-state index in [1.165, 1.54) is 0 Å². The first-order valence-corrected chi connectivity index (χ1v) is 12.4. The molecule has 0 aliphatic carbocycles. The number of nitrogens with one attached hydrogen (secondary N) is 3. The molecule has 37 heavy (non-hydrogen) atoms. The largest absolute Gasteiger partial charge is 0.397 e. The summed E-state index contributed by atoms with van der Waals surface area (Å²) in [5.41, 5.74) is 9.19. The molecule has 0 spiro atoms. The molecular weight excluding hydrogens is 532 g/mol. The molecule has 3 amide bonds. The van der Waals surface area contributed by atoms with Crippen molar-refractivity contribution in [3.63, 3.8) is 0 Å². The summed E-state index contributed by atoms with van der Waals surface area (Å²) in [5.74, 6) is -2.22. The number of anilines is 4. The maximum absolute atomic E-state index is 13.2. The molecule has 0 unspecified atom stereocenters. The van der Waals surface area contributed by atoms with Crippen LogP contribution >= 0.6 is 15.9 Å². The van der Waals surface area contributed by atoms with Gasteiger partial charge in [-0.05, 0) is 76.4 Å². The molecule has 0 aliphatic heterocycles. The molecule has 0 aliphatic rings. The standard InChI is InChI=1S/C29H25BrN4O3/c30-24-18-19(15-16-22(24)27(35)34-26-14-8-7-13-25(26)31)17-23(28(36)32-20-9-3-1-4-10-20)29(37)33-21-11-5-2-6-12-21/h1-16,18,23H,17,31H2,(H,32,36)(H,33,37)(H,34,35). The number of rotatable bonds is 8. The molecular formula is C29H25BrN4O3. The Labute approximate surface area is 223 Å². The fraction of sp³-hybridized carbons (Fsp3) is 0.0690. The van der Waals surface area contributed by atoms with Crippen molar-refractivity contribution in [1.82, 2.24) is 0 Å². The lowest BCUT2D eigenvalue weighted by molar-refractivity contribution is -0.129. The van der Waals surface area contributed by atoms with Crippen LogP contribution < -0.4 is 21.7 Å². The number of nitrogens with two attached hydrogens (primary N) is 1. The quantitative estimate of drug-likeness (QED) is 0.164. The van der Waals surface area contributed by atoms with E-state index in [0.717, 1.165) is 0 Å². The molecule has 8 heteroatoms. The smallest absolute Gasteiger partial charge is 0.256 e. The maximum atomic E-state index is 13.2. The number of carbonyl (C=O) groups excluding carboxylic acids is 3. The molecule has 186 valence electrons. The summed E-state index contributed by atoms with van der Waals surface area (Å²) in [6.45, 7) is 0. The number of carbonyl (C=O) groups is 3. The number of amides is 3. The van der Waals surface area contributed by atoms with Crippen molar-refractivity contribution in [3.8, 4) is 0 Å². The van der Waals surface area contributed by atoms with Crippen LogP contribution in [-0.2, 0) is 16.0 Å². The van der Waals surface area contributed by atoms with E-state index in [2.05, 4.69) is 31.9 Å². The minimum atomic E-state index is -1.02. The van der Waals surface area contributed by atoms with Crippen LogP contribution in [0.15, 0.2) is 108 Å². The first-order chi connectivity index (χ1) is 17.9. The second kappa shape index (κ2) is 12.0. The van der Waals surface area contributed by atoms with Gasteiger partial charge in [-0.15, -0.1) is 0 Å². The van der Waals surface area contributed by atoms with Crippen LogP contribution in [0.5, 0.6) is 0 Å². The third-order valence-corrected chi connectivity index (χ3v) is 6.30. The number of nitrogen functional groups attached to an aromatic ring is 1. The van der Waals surface area contributed by atoms with Gasteiger partial charge in [-0.3, -0.25) is 14.4 Å². The third-order valence-electron chi connectivity index (χ3n) is 5.64. The van der Waals surface area contributed by atoms with E-state index in [0.29, 0.717) is 38.3 Å². The highest BCUT2D eigenvalue weighted by molar-refractivity contribution is 9.10. The Morgan fingerprint density at radius 2 is 1.24 bits per heavy atom. The number of benzene rings is 4. The van der Waals surface area contributed by atoms with Crippen LogP contribution in [0.2, 0.25) is 0 Å². The van der Waals surface area contributed by atoms with Gasteiger partial charge in [-0.25, -0.2) is 0 Å². The van der Waals surface area contributed by atoms with Gasteiger partial charge in [0.15, 0.2) is 0 Å². The molecule has 0 bridgehead atoms. The third kappa shape index (κ3) is 6.83. The summed E-state index contributed by atoms with van der Waals surface area (Å²) in [7, 11) is 0. The van der Waals surface area contributed by atoms with Crippen molar-refractivity contribution < 1.29 is 14.4 Å². The highest BCUT2D eigenvalue weighted by Gasteiger charge is 2.28. The Balaban J connectivity index is 1.53. The molecule has 5 N–H and O–H groups in total. The van der Waals surface area contributed by atoms with Crippen LogP contribution in [0, 0.1) is 5.92 Å². The van der Waals surface area contributed by atoms with E-state index >= 15 is 0 Å². The Morgan fingerprint density at radius 1 is 0.703 bits per heavy atom. The topological polar surface area (TPSA) is 113 Å². The van der Waals surface area contributed by atoms with Crippen molar-refractivity contribution >= 4 is 56.4 Å². The van der Waals surface area contributed by atoms with E-state index in [1.807, 2.05) is 12.1 Å². The summed E-state index contributed by atoms with van der Waals surface area (Å²) in [6.07, 6.45) is 0.128. The van der Waals surface area contributed by atoms with E-state index in [4.69, 9.17) is 5.73 Å². The number of para-hydroxylation sites is 4. The molecule has 0 fully saturated rings. The highest BCUT2D eigenvalue weighted by atomic mass is 79.9. The molecule has 0 aromatic heterocycles. The van der Waals surface area contributed by atoms with Gasteiger partial charge < -0.3 is 21.7 Å². The van der Waals surface area contributed by atoms with Crippen LogP contribution in [0.4, 0.5) is 22.7 Å². The second-order valence-electron chi connectivity index (χ2n) is 8.32. The summed E-state index contributed by atoms with van der Waals surface area (Å²) in [4.78, 5) is 39.2. The molecule has 0 saturated carbocycles. The van der Waals surface area contributed by atoms with Gasteiger partial charge >= 0.3 is 0 Å². The Hall–Kier alpha value is -4.43. The van der Waals surface area contributed by atoms with Crippen LogP contribution in [-0.4, -0.2) is 17.7 Å². The molecule has 0 heterocycles. The van der Waals surface area contributed by atoms with Crippen molar-refractivity contribution in [1.29, 1.82) is 0 Å². The molecule has 0 saturated heterocycles. The summed E-state index contributed by atoms with van der Waals surface area (Å²) in [6, 6.07) is 30.0. The van der Waals surface area contributed by atoms with Crippen LogP contribution in [0.25, 0.3) is 0 Å². The minimum Gasteiger partial charge on any atom is -0.397 e. The van der Waals surface area contributed by atoms with Crippen molar-refractivity contribution in [3.05, 3.63) is 119 Å². The molecule has 7 nitrogen and oxygen atoms in total. The fourth-order valence-corrected chi connectivity index (χ4v) is 4.32. The lowest BCUT2D eigenvalue weighted by Gasteiger charge is -2.18. The Bertz CT molecular complexity index is 1360. The van der Waals surface area contributed by atoms with Gasteiger partial charge in [0.05, 0.1) is 16.9 Å². The van der Waals surface area contributed by atoms with E-state index in [9.17, 15) is 14.4 Å². The fourth-order valence-electron chi connectivity index (χ4n) is 3.71. The number of hydrogen-bond acceptors (Lipinski definition) is 4. The first kappa shape index (κ1) is 25.7. The zero-order chi connectivity index (χ0) is 26.2. The normalized spacial score (nSPS) is 10.5. The van der Waals surface area contributed by atoms with Crippen LogP contribution in [0.3, 0.4) is 0 Å². The first-order valence-electron chi connectivity index (χ1n) is 11.6. The molecule has 4 aromatic rings.